The van der Waals surface area contributed by atoms with E-state index in [1.54, 1.807) is 6.92 Å². The Morgan fingerprint density at radius 2 is 2.21 bits per heavy atom. The number of carbonyl (C=O) groups is 1. The molecule has 4 nitrogen and oxygen atoms in total. The van der Waals surface area contributed by atoms with Gasteiger partial charge in [0.25, 0.3) is 5.92 Å². The van der Waals surface area contributed by atoms with Crippen molar-refractivity contribution in [1.82, 2.24) is 5.32 Å². The lowest BCUT2D eigenvalue weighted by Crippen LogP contribution is -2.43. The number of ether oxygens (including phenoxy) is 1. The first-order chi connectivity index (χ1) is 6.43. The average molecular weight is 211 g/mol. The highest BCUT2D eigenvalue weighted by Crippen LogP contribution is 2.10. The van der Waals surface area contributed by atoms with Gasteiger partial charge in [-0.2, -0.15) is 0 Å². The van der Waals surface area contributed by atoms with Gasteiger partial charge in [-0.15, -0.1) is 0 Å². The van der Waals surface area contributed by atoms with Gasteiger partial charge in [0, 0.05) is 0 Å². The van der Waals surface area contributed by atoms with E-state index in [2.05, 4.69) is 10.1 Å². The van der Waals surface area contributed by atoms with Crippen LogP contribution in [-0.4, -0.2) is 42.8 Å². The molecule has 0 aromatic heterocycles. The van der Waals surface area contributed by atoms with Gasteiger partial charge >= 0.3 is 5.97 Å². The molecule has 0 aliphatic carbocycles. The first-order valence-corrected chi connectivity index (χ1v) is 4.31. The molecular weight excluding hydrogens is 196 g/mol. The molecule has 1 atom stereocenters. The van der Waals surface area contributed by atoms with Crippen LogP contribution < -0.4 is 5.32 Å². The molecule has 0 saturated heterocycles. The quantitative estimate of drug-likeness (QED) is 0.614. The van der Waals surface area contributed by atoms with Crippen LogP contribution in [0.15, 0.2) is 0 Å². The highest BCUT2D eigenvalue weighted by molar-refractivity contribution is 5.75. The molecule has 0 rings (SSSR count). The van der Waals surface area contributed by atoms with Crippen LogP contribution >= 0.6 is 0 Å². The molecule has 0 aliphatic rings. The lowest BCUT2D eigenvalue weighted by Gasteiger charge is -2.17. The molecule has 2 N–H and O–H groups in total. The molecule has 0 amide bonds. The van der Waals surface area contributed by atoms with Crippen LogP contribution in [0.25, 0.3) is 0 Å². The number of rotatable bonds is 6. The molecule has 6 heteroatoms. The summed E-state index contributed by atoms with van der Waals surface area (Å²) in [7, 11) is 0. The Morgan fingerprint density at radius 3 is 2.64 bits per heavy atom. The first kappa shape index (κ1) is 13.2. The summed E-state index contributed by atoms with van der Waals surface area (Å²) in [4.78, 5) is 11.0. The number of hydrogen-bond donors (Lipinski definition) is 2. The summed E-state index contributed by atoms with van der Waals surface area (Å²) in [6.07, 6.45) is 0. The summed E-state index contributed by atoms with van der Waals surface area (Å²) in [5.41, 5.74) is 0. The molecule has 0 spiro atoms. The molecule has 0 aromatic carbocycles. The van der Waals surface area contributed by atoms with Crippen molar-refractivity contribution in [2.45, 2.75) is 25.8 Å². The van der Waals surface area contributed by atoms with E-state index in [1.165, 1.54) is 6.92 Å². The van der Waals surface area contributed by atoms with Crippen LogP contribution in [0, 0.1) is 0 Å². The Hall–Kier alpha value is -0.750. The molecule has 84 valence electrons. The normalized spacial score (nSPS) is 13.8. The van der Waals surface area contributed by atoms with Gasteiger partial charge in [-0.3, -0.25) is 10.1 Å². The Morgan fingerprint density at radius 1 is 1.64 bits per heavy atom. The van der Waals surface area contributed by atoms with Gasteiger partial charge in [0.2, 0.25) is 0 Å². The Kier molecular flexibility index (Phi) is 5.56. The number of hydrogen-bond acceptors (Lipinski definition) is 4. The second-order valence-electron chi connectivity index (χ2n) is 2.87. The number of halogens is 2. The Bertz CT molecular complexity index is 187. The minimum atomic E-state index is -3.21. The fraction of sp³-hybridized carbons (Fsp3) is 0.875. The molecule has 0 aliphatic heterocycles. The summed E-state index contributed by atoms with van der Waals surface area (Å²) in [6.45, 7) is 1.28. The minimum absolute atomic E-state index is 0.210. The summed E-state index contributed by atoms with van der Waals surface area (Å²) in [6, 6.07) is -0.799. The summed E-state index contributed by atoms with van der Waals surface area (Å²) >= 11 is 0. The molecule has 0 fully saturated rings. The summed E-state index contributed by atoms with van der Waals surface area (Å²) < 4.78 is 29.6. The fourth-order valence-electron chi connectivity index (χ4n) is 0.709. The zero-order valence-electron chi connectivity index (χ0n) is 8.22. The van der Waals surface area contributed by atoms with Crippen molar-refractivity contribution in [3.63, 3.8) is 0 Å². The van der Waals surface area contributed by atoms with Gasteiger partial charge < -0.3 is 9.84 Å². The van der Waals surface area contributed by atoms with E-state index >= 15 is 0 Å². The van der Waals surface area contributed by atoms with Gasteiger partial charge in [0.05, 0.1) is 13.2 Å². The van der Waals surface area contributed by atoms with Gasteiger partial charge in [-0.1, -0.05) is 0 Å². The minimum Gasteiger partial charge on any atom is -0.465 e. The van der Waals surface area contributed by atoms with Gasteiger partial charge in [-0.05, 0) is 13.8 Å². The monoisotopic (exact) mass is 211 g/mol. The number of alkyl halides is 2. The second-order valence-corrected chi connectivity index (χ2v) is 2.87. The number of aliphatic hydroxyl groups is 1. The number of carbonyl (C=O) groups excluding carboxylic acids is 1. The van der Waals surface area contributed by atoms with Gasteiger partial charge in [-0.25, -0.2) is 8.78 Å². The van der Waals surface area contributed by atoms with Crippen molar-refractivity contribution in [2.75, 3.05) is 19.8 Å². The van der Waals surface area contributed by atoms with Crippen LogP contribution in [0.5, 0.6) is 0 Å². The Labute approximate surface area is 81.2 Å². The van der Waals surface area contributed by atoms with E-state index < -0.39 is 31.1 Å². The second kappa shape index (κ2) is 5.87. The zero-order chi connectivity index (χ0) is 11.2. The van der Waals surface area contributed by atoms with Crippen LogP contribution in [0.2, 0.25) is 0 Å². The van der Waals surface area contributed by atoms with Crippen molar-refractivity contribution < 1.29 is 23.4 Å². The molecule has 0 heterocycles. The van der Waals surface area contributed by atoms with E-state index in [0.29, 0.717) is 0 Å². The molecule has 0 radical (unpaired) electrons. The number of aliphatic hydroxyl groups excluding tert-OH is 1. The number of nitrogens with one attached hydrogen (secondary N) is 1. The molecule has 0 saturated carbocycles. The smallest absolute Gasteiger partial charge is 0.322 e. The predicted octanol–water partition coefficient (Wildman–Crippen LogP) is 0.155. The third-order valence-corrected chi connectivity index (χ3v) is 1.54. The van der Waals surface area contributed by atoms with Crippen molar-refractivity contribution in [1.29, 1.82) is 0 Å². The van der Waals surface area contributed by atoms with Crippen LogP contribution in [0.1, 0.15) is 13.8 Å². The van der Waals surface area contributed by atoms with Gasteiger partial charge in [0.15, 0.2) is 0 Å². The third-order valence-electron chi connectivity index (χ3n) is 1.54. The van der Waals surface area contributed by atoms with Crippen molar-refractivity contribution >= 4 is 5.97 Å². The topological polar surface area (TPSA) is 58.6 Å². The maximum absolute atomic E-state index is 12.5. The molecule has 0 bridgehead atoms. The van der Waals surface area contributed by atoms with Crippen LogP contribution in [-0.2, 0) is 9.53 Å². The highest BCUT2D eigenvalue weighted by Gasteiger charge is 2.29. The lowest BCUT2D eigenvalue weighted by atomic mass is 10.3. The molecule has 14 heavy (non-hydrogen) atoms. The van der Waals surface area contributed by atoms with E-state index in [0.717, 1.165) is 0 Å². The average Bonchev–Trinajstić information content (AvgIpc) is 2.15. The van der Waals surface area contributed by atoms with E-state index in [1.807, 2.05) is 0 Å². The lowest BCUT2D eigenvalue weighted by molar-refractivity contribution is -0.145. The third kappa shape index (κ3) is 5.08. The van der Waals surface area contributed by atoms with Crippen molar-refractivity contribution in [3.8, 4) is 0 Å². The van der Waals surface area contributed by atoms with E-state index in [-0.39, 0.29) is 6.61 Å². The standard InChI is InChI=1S/C8H15F2NO3/c1-3-14-7(13)6(2)11-4-8(9,10)5-12/h6,11-12H,3-5H2,1-2H3. The molecule has 0 aromatic rings. The molecular formula is C8H15F2NO3. The zero-order valence-corrected chi connectivity index (χ0v) is 8.22. The highest BCUT2D eigenvalue weighted by atomic mass is 19.3. The number of esters is 1. The Balaban J connectivity index is 3.84. The summed E-state index contributed by atoms with van der Waals surface area (Å²) in [5, 5.41) is 10.5. The van der Waals surface area contributed by atoms with Crippen LogP contribution in [0.3, 0.4) is 0 Å². The van der Waals surface area contributed by atoms with Crippen LogP contribution in [0.4, 0.5) is 8.78 Å². The summed E-state index contributed by atoms with van der Waals surface area (Å²) in [5.74, 6) is -3.79. The largest absolute Gasteiger partial charge is 0.465 e. The van der Waals surface area contributed by atoms with Crippen molar-refractivity contribution in [3.05, 3.63) is 0 Å². The van der Waals surface area contributed by atoms with E-state index in [9.17, 15) is 13.6 Å². The first-order valence-electron chi connectivity index (χ1n) is 4.31. The van der Waals surface area contributed by atoms with Crippen molar-refractivity contribution in [2.24, 2.45) is 0 Å². The molecule has 1 unspecified atom stereocenters. The van der Waals surface area contributed by atoms with Gasteiger partial charge in [0.1, 0.15) is 12.6 Å². The van der Waals surface area contributed by atoms with E-state index in [4.69, 9.17) is 5.11 Å². The predicted molar refractivity (Wildman–Crippen MR) is 46.1 cm³/mol. The maximum atomic E-state index is 12.5. The fourth-order valence-corrected chi connectivity index (χ4v) is 0.709. The SMILES string of the molecule is CCOC(=O)C(C)NCC(F)(F)CO. The maximum Gasteiger partial charge on any atom is 0.322 e.